The summed E-state index contributed by atoms with van der Waals surface area (Å²) in [7, 11) is 0. The van der Waals surface area contributed by atoms with E-state index in [9.17, 15) is 4.79 Å². The van der Waals surface area contributed by atoms with Crippen molar-refractivity contribution in [2.75, 3.05) is 0 Å². The van der Waals surface area contributed by atoms with Crippen LogP contribution in [0.2, 0.25) is 0 Å². The molecule has 2 nitrogen and oxygen atoms in total. The largest absolute Gasteiger partial charge is 0.427 e. The molecule has 1 aromatic rings. The van der Waals surface area contributed by atoms with E-state index < -0.39 is 0 Å². The van der Waals surface area contributed by atoms with E-state index in [2.05, 4.69) is 25.1 Å². The maximum absolute atomic E-state index is 10.9. The minimum Gasteiger partial charge on any atom is -0.427 e. The topological polar surface area (TPSA) is 26.3 Å². The van der Waals surface area contributed by atoms with Crippen LogP contribution >= 0.6 is 0 Å². The molecular formula is C19H26O2. The molecule has 0 amide bonds. The smallest absolute Gasteiger partial charge is 0.308 e. The van der Waals surface area contributed by atoms with E-state index in [4.69, 9.17) is 4.74 Å². The molecule has 1 aliphatic rings. The molecule has 0 aromatic heterocycles. The highest BCUT2D eigenvalue weighted by molar-refractivity contribution is 5.70. The van der Waals surface area contributed by atoms with Gasteiger partial charge in [-0.3, -0.25) is 4.79 Å². The van der Waals surface area contributed by atoms with Gasteiger partial charge in [-0.25, -0.2) is 0 Å². The zero-order chi connectivity index (χ0) is 15.1. The highest BCUT2D eigenvalue weighted by atomic mass is 16.5. The average molecular weight is 286 g/mol. The van der Waals surface area contributed by atoms with Gasteiger partial charge in [0, 0.05) is 6.92 Å². The van der Waals surface area contributed by atoms with Crippen molar-refractivity contribution in [3.05, 3.63) is 35.9 Å². The Hall–Kier alpha value is -1.57. The molecule has 0 saturated carbocycles. The molecule has 0 aliphatic heterocycles. The lowest BCUT2D eigenvalue weighted by molar-refractivity contribution is -0.131. The van der Waals surface area contributed by atoms with E-state index in [-0.39, 0.29) is 5.97 Å². The molecule has 1 atom stereocenters. The van der Waals surface area contributed by atoms with Crippen molar-refractivity contribution in [1.29, 1.82) is 0 Å². The summed E-state index contributed by atoms with van der Waals surface area (Å²) in [4.78, 5) is 10.9. The fourth-order valence-corrected chi connectivity index (χ4v) is 3.00. The first-order valence-electron chi connectivity index (χ1n) is 8.17. The number of hydrogen-bond donors (Lipinski definition) is 0. The minimum absolute atomic E-state index is 0.269. The summed E-state index contributed by atoms with van der Waals surface area (Å²) in [6.07, 6.45) is 11.5. The van der Waals surface area contributed by atoms with Crippen LogP contribution in [0.5, 0.6) is 5.75 Å². The second-order valence-corrected chi connectivity index (χ2v) is 5.98. The van der Waals surface area contributed by atoms with Crippen LogP contribution in [0.4, 0.5) is 0 Å². The first-order valence-corrected chi connectivity index (χ1v) is 8.17. The molecule has 1 unspecified atom stereocenters. The van der Waals surface area contributed by atoms with Crippen molar-refractivity contribution in [1.82, 2.24) is 0 Å². The lowest BCUT2D eigenvalue weighted by Crippen LogP contribution is -2.05. The predicted molar refractivity (Wildman–Crippen MR) is 87.2 cm³/mol. The van der Waals surface area contributed by atoms with Crippen LogP contribution in [0.25, 0.3) is 5.57 Å². The number of hydrogen-bond acceptors (Lipinski definition) is 2. The predicted octanol–water partition coefficient (Wildman–Crippen LogP) is 5.38. The number of carbonyl (C=O) groups excluding carboxylic acids is 1. The van der Waals surface area contributed by atoms with E-state index in [0.717, 1.165) is 5.92 Å². The van der Waals surface area contributed by atoms with Gasteiger partial charge in [0.15, 0.2) is 0 Å². The van der Waals surface area contributed by atoms with Crippen LogP contribution in [0, 0.1) is 5.92 Å². The molecule has 0 radical (unpaired) electrons. The van der Waals surface area contributed by atoms with Crippen LogP contribution in [0.15, 0.2) is 30.3 Å². The zero-order valence-corrected chi connectivity index (χ0v) is 13.2. The molecule has 0 fully saturated rings. The molecule has 2 rings (SSSR count). The summed E-state index contributed by atoms with van der Waals surface area (Å²) in [5.74, 6) is 1.23. The molecule has 0 spiro atoms. The summed E-state index contributed by atoms with van der Waals surface area (Å²) in [6, 6.07) is 7.87. The Kier molecular flexibility index (Phi) is 6.04. The van der Waals surface area contributed by atoms with Gasteiger partial charge in [0.1, 0.15) is 5.75 Å². The number of rotatable bonds is 6. The second kappa shape index (κ2) is 8.02. The van der Waals surface area contributed by atoms with Crippen molar-refractivity contribution in [3.63, 3.8) is 0 Å². The van der Waals surface area contributed by atoms with Crippen LogP contribution in [0.1, 0.15) is 64.4 Å². The second-order valence-electron chi connectivity index (χ2n) is 5.98. The van der Waals surface area contributed by atoms with E-state index in [1.807, 2.05) is 12.1 Å². The summed E-state index contributed by atoms with van der Waals surface area (Å²) in [6.45, 7) is 3.69. The number of benzene rings is 1. The van der Waals surface area contributed by atoms with Gasteiger partial charge in [0.05, 0.1) is 0 Å². The lowest BCUT2D eigenvalue weighted by atomic mass is 9.84. The van der Waals surface area contributed by atoms with Crippen LogP contribution in [-0.4, -0.2) is 5.97 Å². The molecular weight excluding hydrogens is 260 g/mol. The Morgan fingerprint density at radius 2 is 2.00 bits per heavy atom. The van der Waals surface area contributed by atoms with E-state index >= 15 is 0 Å². The Morgan fingerprint density at radius 3 is 2.57 bits per heavy atom. The zero-order valence-electron chi connectivity index (χ0n) is 13.2. The molecule has 114 valence electrons. The average Bonchev–Trinajstić information content (AvgIpc) is 2.49. The Morgan fingerprint density at radius 1 is 1.24 bits per heavy atom. The number of ether oxygens (including phenoxy) is 1. The molecule has 1 aliphatic carbocycles. The number of unbranched alkanes of at least 4 members (excludes halogenated alkanes) is 2. The highest BCUT2D eigenvalue weighted by Crippen LogP contribution is 2.33. The first kappa shape index (κ1) is 15.8. The third-order valence-electron chi connectivity index (χ3n) is 4.22. The maximum Gasteiger partial charge on any atom is 0.308 e. The van der Waals surface area contributed by atoms with E-state index in [1.165, 1.54) is 63.0 Å². The third kappa shape index (κ3) is 5.04. The fourth-order valence-electron chi connectivity index (χ4n) is 3.00. The number of carbonyl (C=O) groups is 1. The highest BCUT2D eigenvalue weighted by Gasteiger charge is 2.15. The Balaban J connectivity index is 1.89. The lowest BCUT2D eigenvalue weighted by Gasteiger charge is -2.22. The van der Waals surface area contributed by atoms with Gasteiger partial charge < -0.3 is 4.74 Å². The minimum atomic E-state index is -0.269. The van der Waals surface area contributed by atoms with Crippen molar-refractivity contribution >= 4 is 11.5 Å². The molecule has 2 heteroatoms. The fraction of sp³-hybridized carbons (Fsp3) is 0.526. The van der Waals surface area contributed by atoms with E-state index in [1.54, 1.807) is 0 Å². The molecule has 0 bridgehead atoms. The summed E-state index contributed by atoms with van der Waals surface area (Å²) < 4.78 is 5.07. The number of esters is 1. The van der Waals surface area contributed by atoms with Crippen molar-refractivity contribution in [3.8, 4) is 5.75 Å². The van der Waals surface area contributed by atoms with Gasteiger partial charge in [-0.2, -0.15) is 0 Å². The number of allylic oxidation sites excluding steroid dienone is 2. The van der Waals surface area contributed by atoms with Crippen LogP contribution < -0.4 is 4.74 Å². The molecule has 0 N–H and O–H groups in total. The van der Waals surface area contributed by atoms with Crippen LogP contribution in [-0.2, 0) is 4.79 Å². The van der Waals surface area contributed by atoms with E-state index in [0.29, 0.717) is 5.75 Å². The molecule has 1 aromatic carbocycles. The Bertz CT molecular complexity index is 485. The molecule has 0 saturated heterocycles. The molecule has 0 heterocycles. The summed E-state index contributed by atoms with van der Waals surface area (Å²) in [5.41, 5.74) is 2.70. The monoisotopic (exact) mass is 286 g/mol. The van der Waals surface area contributed by atoms with Crippen molar-refractivity contribution in [2.24, 2.45) is 5.92 Å². The van der Waals surface area contributed by atoms with Crippen LogP contribution in [0.3, 0.4) is 0 Å². The summed E-state index contributed by atoms with van der Waals surface area (Å²) in [5, 5.41) is 0. The normalized spacial score (nSPS) is 18.2. The van der Waals surface area contributed by atoms with Crippen molar-refractivity contribution in [2.45, 2.75) is 58.8 Å². The Labute approximate surface area is 128 Å². The van der Waals surface area contributed by atoms with Gasteiger partial charge in [-0.1, -0.05) is 50.8 Å². The SMILES string of the molecule is CCCCCC1CC=C(c2ccc(OC(C)=O)cc2)CC1. The summed E-state index contributed by atoms with van der Waals surface area (Å²) >= 11 is 0. The van der Waals surface area contributed by atoms with Gasteiger partial charge in [-0.05, 0) is 48.4 Å². The quantitative estimate of drug-likeness (QED) is 0.399. The standard InChI is InChI=1S/C19H26O2/c1-3-4-5-6-16-7-9-17(10-8-16)18-11-13-19(14-12-18)21-15(2)20/h9,11-14,16H,3-8,10H2,1-2H3. The molecule has 21 heavy (non-hydrogen) atoms. The van der Waals surface area contributed by atoms with Gasteiger partial charge in [-0.15, -0.1) is 0 Å². The van der Waals surface area contributed by atoms with Crippen molar-refractivity contribution < 1.29 is 9.53 Å². The first-order chi connectivity index (χ1) is 10.2. The van der Waals surface area contributed by atoms with Gasteiger partial charge >= 0.3 is 5.97 Å². The maximum atomic E-state index is 10.9. The van der Waals surface area contributed by atoms with Gasteiger partial charge in [0.25, 0.3) is 0 Å². The third-order valence-corrected chi connectivity index (χ3v) is 4.22. The van der Waals surface area contributed by atoms with Gasteiger partial charge in [0.2, 0.25) is 0 Å².